The standard InChI is InChI=1S/C20H30N2O.2H2O/c1-3-22(4-2)16-15-20(19(21)23,17-11-7-5-8-12-17)18-13-9-6-10-14-18;;/h5,7-8,11-13H,3-4,6,9-10,14-16H2,1-2H3,(H2,21,23);2*1H2. The first-order valence-corrected chi connectivity index (χ1v) is 8.92. The number of carbonyl (C=O) groups excluding carboxylic acids is 1. The molecular weight excluding hydrogens is 316 g/mol. The summed E-state index contributed by atoms with van der Waals surface area (Å²) in [5.41, 5.74) is 7.64. The highest BCUT2D eigenvalue weighted by molar-refractivity contribution is 5.90. The predicted octanol–water partition coefficient (Wildman–Crippen LogP) is 1.99. The molecule has 0 heterocycles. The summed E-state index contributed by atoms with van der Waals surface area (Å²) >= 11 is 0. The molecule has 142 valence electrons. The molecule has 5 nitrogen and oxygen atoms in total. The quantitative estimate of drug-likeness (QED) is 0.723. The Labute approximate surface area is 151 Å². The van der Waals surface area contributed by atoms with E-state index in [0.29, 0.717) is 0 Å². The minimum atomic E-state index is -0.649. The van der Waals surface area contributed by atoms with Crippen molar-refractivity contribution in [2.24, 2.45) is 5.73 Å². The maximum absolute atomic E-state index is 12.7. The molecule has 1 amide bonds. The molecule has 5 heteroatoms. The molecule has 0 fully saturated rings. The number of allylic oxidation sites excluding steroid dienone is 1. The first-order chi connectivity index (χ1) is 11.1. The van der Waals surface area contributed by atoms with Crippen LogP contribution in [0.5, 0.6) is 0 Å². The third kappa shape index (κ3) is 5.14. The first-order valence-electron chi connectivity index (χ1n) is 8.92. The van der Waals surface area contributed by atoms with Crippen molar-refractivity contribution >= 4 is 5.91 Å². The van der Waals surface area contributed by atoms with Crippen molar-refractivity contribution in [3.63, 3.8) is 0 Å². The van der Waals surface area contributed by atoms with Crippen LogP contribution in [0.1, 0.15) is 51.5 Å². The number of hydrogen-bond acceptors (Lipinski definition) is 2. The maximum Gasteiger partial charge on any atom is 0.232 e. The van der Waals surface area contributed by atoms with Crippen LogP contribution in [0.2, 0.25) is 0 Å². The molecule has 2 rings (SSSR count). The van der Waals surface area contributed by atoms with Crippen LogP contribution >= 0.6 is 0 Å². The van der Waals surface area contributed by atoms with Gasteiger partial charge in [0.2, 0.25) is 5.91 Å². The van der Waals surface area contributed by atoms with Crippen LogP contribution in [-0.2, 0) is 10.2 Å². The van der Waals surface area contributed by atoms with E-state index in [1.54, 1.807) is 0 Å². The summed E-state index contributed by atoms with van der Waals surface area (Å²) in [6.45, 7) is 7.22. The van der Waals surface area contributed by atoms with Crippen molar-refractivity contribution in [1.82, 2.24) is 4.90 Å². The molecule has 1 aromatic rings. The summed E-state index contributed by atoms with van der Waals surface area (Å²) in [4.78, 5) is 15.0. The Kier molecular flexibility index (Phi) is 10.3. The van der Waals surface area contributed by atoms with E-state index < -0.39 is 5.41 Å². The number of amides is 1. The first kappa shape index (κ1) is 23.3. The lowest BCUT2D eigenvalue weighted by atomic mass is 9.68. The summed E-state index contributed by atoms with van der Waals surface area (Å²) < 4.78 is 0. The number of primary amides is 1. The number of nitrogens with zero attached hydrogens (tertiary/aromatic N) is 1. The van der Waals surface area contributed by atoms with Gasteiger partial charge in [0.1, 0.15) is 0 Å². The minimum absolute atomic E-state index is 0. The smallest absolute Gasteiger partial charge is 0.232 e. The molecule has 0 spiro atoms. The van der Waals surface area contributed by atoms with Crippen LogP contribution < -0.4 is 5.73 Å². The van der Waals surface area contributed by atoms with Gasteiger partial charge in [-0.15, -0.1) is 0 Å². The molecule has 1 atom stereocenters. The van der Waals surface area contributed by atoms with E-state index in [1.807, 2.05) is 18.2 Å². The number of hydrogen-bond donors (Lipinski definition) is 1. The van der Waals surface area contributed by atoms with E-state index in [9.17, 15) is 4.79 Å². The second-order valence-corrected chi connectivity index (χ2v) is 6.39. The highest BCUT2D eigenvalue weighted by Crippen LogP contribution is 2.40. The topological polar surface area (TPSA) is 109 Å². The van der Waals surface area contributed by atoms with Crippen molar-refractivity contribution in [2.45, 2.75) is 51.4 Å². The van der Waals surface area contributed by atoms with Gasteiger partial charge in [0, 0.05) is 0 Å². The van der Waals surface area contributed by atoms with Crippen LogP contribution in [0.25, 0.3) is 0 Å². The largest absolute Gasteiger partial charge is 0.412 e. The zero-order valence-electron chi connectivity index (χ0n) is 15.6. The van der Waals surface area contributed by atoms with Gasteiger partial charge >= 0.3 is 0 Å². The molecule has 0 radical (unpaired) electrons. The molecule has 0 saturated heterocycles. The van der Waals surface area contributed by atoms with Gasteiger partial charge < -0.3 is 21.6 Å². The van der Waals surface area contributed by atoms with Crippen molar-refractivity contribution in [1.29, 1.82) is 0 Å². The summed E-state index contributed by atoms with van der Waals surface area (Å²) in [5.74, 6) is -0.205. The Balaban J connectivity index is 0.00000288. The van der Waals surface area contributed by atoms with Gasteiger partial charge in [-0.3, -0.25) is 4.79 Å². The Bertz CT molecular complexity index is 541. The molecule has 1 unspecified atom stereocenters. The molecule has 0 aliphatic heterocycles. The van der Waals surface area contributed by atoms with Gasteiger partial charge in [-0.1, -0.05) is 55.8 Å². The number of benzene rings is 1. The summed E-state index contributed by atoms with van der Waals surface area (Å²) in [5, 5.41) is 0. The summed E-state index contributed by atoms with van der Waals surface area (Å²) in [6.07, 6.45) is 7.43. The van der Waals surface area contributed by atoms with Crippen molar-refractivity contribution in [3.05, 3.63) is 47.5 Å². The summed E-state index contributed by atoms with van der Waals surface area (Å²) in [6, 6.07) is 10.1. The Hall–Kier alpha value is -1.69. The molecule has 1 aliphatic rings. The average Bonchev–Trinajstić information content (AvgIpc) is 2.60. The SMILES string of the molecule is CCN(CC)CCC(C(N)=O)(C1=CCCCC1)c1ccccc1.O.O. The average molecular weight is 351 g/mol. The van der Waals surface area contributed by atoms with E-state index in [-0.39, 0.29) is 16.9 Å². The molecule has 1 aromatic carbocycles. The van der Waals surface area contributed by atoms with Crippen molar-refractivity contribution in [2.75, 3.05) is 19.6 Å². The van der Waals surface area contributed by atoms with Crippen LogP contribution in [0.15, 0.2) is 42.0 Å². The Morgan fingerprint density at radius 1 is 1.12 bits per heavy atom. The van der Waals surface area contributed by atoms with Gasteiger partial charge in [0.25, 0.3) is 0 Å². The Morgan fingerprint density at radius 2 is 1.76 bits per heavy atom. The highest BCUT2D eigenvalue weighted by atomic mass is 16.1. The predicted molar refractivity (Wildman–Crippen MR) is 103 cm³/mol. The molecule has 0 saturated carbocycles. The lowest BCUT2D eigenvalue weighted by Gasteiger charge is -2.37. The molecule has 25 heavy (non-hydrogen) atoms. The fourth-order valence-corrected chi connectivity index (χ4v) is 3.73. The second-order valence-electron chi connectivity index (χ2n) is 6.39. The zero-order chi connectivity index (χ0) is 16.7. The Morgan fingerprint density at radius 3 is 2.24 bits per heavy atom. The van der Waals surface area contributed by atoms with Gasteiger partial charge in [0.05, 0.1) is 5.41 Å². The van der Waals surface area contributed by atoms with Gasteiger partial charge in [0.15, 0.2) is 0 Å². The molecule has 6 N–H and O–H groups in total. The van der Waals surface area contributed by atoms with Crippen LogP contribution in [-0.4, -0.2) is 41.4 Å². The number of carbonyl (C=O) groups is 1. The third-order valence-corrected chi connectivity index (χ3v) is 5.22. The van der Waals surface area contributed by atoms with E-state index in [0.717, 1.165) is 50.9 Å². The fourth-order valence-electron chi connectivity index (χ4n) is 3.73. The highest BCUT2D eigenvalue weighted by Gasteiger charge is 2.41. The fraction of sp³-hybridized carbons (Fsp3) is 0.550. The van der Waals surface area contributed by atoms with Crippen LogP contribution in [0, 0.1) is 0 Å². The van der Waals surface area contributed by atoms with E-state index in [2.05, 4.69) is 37.0 Å². The van der Waals surface area contributed by atoms with Crippen LogP contribution in [0.3, 0.4) is 0 Å². The van der Waals surface area contributed by atoms with E-state index >= 15 is 0 Å². The molecule has 0 bridgehead atoms. The van der Waals surface area contributed by atoms with Crippen LogP contribution in [0.4, 0.5) is 0 Å². The monoisotopic (exact) mass is 350 g/mol. The zero-order valence-corrected chi connectivity index (χ0v) is 15.6. The molecule has 1 aliphatic carbocycles. The van der Waals surface area contributed by atoms with Crippen molar-refractivity contribution < 1.29 is 15.7 Å². The third-order valence-electron chi connectivity index (χ3n) is 5.22. The van der Waals surface area contributed by atoms with Gasteiger partial charge in [-0.2, -0.15) is 0 Å². The second kappa shape index (κ2) is 11.0. The lowest BCUT2D eigenvalue weighted by Crippen LogP contribution is -2.46. The van der Waals surface area contributed by atoms with Gasteiger partial charge in [-0.25, -0.2) is 0 Å². The number of rotatable bonds is 8. The van der Waals surface area contributed by atoms with Gasteiger partial charge in [-0.05, 0) is 57.3 Å². The normalized spacial score (nSPS) is 16.2. The van der Waals surface area contributed by atoms with Crippen molar-refractivity contribution in [3.8, 4) is 0 Å². The number of nitrogens with two attached hydrogens (primary N) is 1. The van der Waals surface area contributed by atoms with E-state index in [1.165, 1.54) is 12.0 Å². The van der Waals surface area contributed by atoms with E-state index in [4.69, 9.17) is 5.73 Å². The maximum atomic E-state index is 12.7. The summed E-state index contributed by atoms with van der Waals surface area (Å²) in [7, 11) is 0. The molecular formula is C20H34N2O3. The molecule has 0 aromatic heterocycles. The minimum Gasteiger partial charge on any atom is -0.412 e. The lowest BCUT2D eigenvalue weighted by molar-refractivity contribution is -0.122.